The van der Waals surface area contributed by atoms with E-state index in [1.807, 2.05) is 0 Å². The number of benzene rings is 1. The predicted octanol–water partition coefficient (Wildman–Crippen LogP) is 3.08. The van der Waals surface area contributed by atoms with Gasteiger partial charge in [-0.25, -0.2) is 0 Å². The van der Waals surface area contributed by atoms with Crippen molar-refractivity contribution in [3.05, 3.63) is 35.4 Å². The van der Waals surface area contributed by atoms with Crippen LogP contribution in [0.4, 0.5) is 13.2 Å². The molecule has 1 atom stereocenters. The van der Waals surface area contributed by atoms with E-state index >= 15 is 0 Å². The molecule has 1 aromatic carbocycles. The highest BCUT2D eigenvalue weighted by Gasteiger charge is 2.39. The topological polar surface area (TPSA) is 24.5 Å². The smallest absolute Gasteiger partial charge is 0.381 e. The second-order valence-corrected chi connectivity index (χ2v) is 6.27. The molecule has 2 saturated heterocycles. The van der Waals surface area contributed by atoms with Crippen molar-refractivity contribution < 1.29 is 17.9 Å². The number of ether oxygens (including phenoxy) is 1. The van der Waals surface area contributed by atoms with Crippen LogP contribution in [-0.4, -0.2) is 44.3 Å². The number of hydrogen-bond acceptors (Lipinski definition) is 3. The number of rotatable bonds is 3. The maximum absolute atomic E-state index is 13.5. The molecule has 0 unspecified atom stereocenters. The van der Waals surface area contributed by atoms with E-state index in [-0.39, 0.29) is 12.0 Å². The average Bonchev–Trinajstić information content (AvgIpc) is 2.57. The van der Waals surface area contributed by atoms with Gasteiger partial charge in [-0.1, -0.05) is 18.2 Å². The molecule has 0 bridgehead atoms. The quantitative estimate of drug-likeness (QED) is 0.923. The van der Waals surface area contributed by atoms with Gasteiger partial charge in [-0.05, 0) is 30.4 Å². The van der Waals surface area contributed by atoms with E-state index in [9.17, 15) is 13.2 Å². The first-order valence-corrected chi connectivity index (χ1v) is 8.26. The van der Waals surface area contributed by atoms with Gasteiger partial charge in [-0.3, -0.25) is 4.90 Å². The summed E-state index contributed by atoms with van der Waals surface area (Å²) < 4.78 is 45.9. The Morgan fingerprint density at radius 2 is 1.74 bits per heavy atom. The molecule has 0 aromatic heterocycles. The zero-order chi connectivity index (χ0) is 16.3. The van der Waals surface area contributed by atoms with Crippen molar-refractivity contribution in [2.75, 3.05) is 39.4 Å². The number of halogens is 3. The lowest BCUT2D eigenvalue weighted by molar-refractivity contribution is -0.139. The Morgan fingerprint density at radius 3 is 2.39 bits per heavy atom. The van der Waals surface area contributed by atoms with Crippen LogP contribution in [0.2, 0.25) is 0 Å². The number of nitrogens with zero attached hydrogens (tertiary/aromatic N) is 1. The van der Waals surface area contributed by atoms with Gasteiger partial charge in [0.25, 0.3) is 0 Å². The number of nitrogens with one attached hydrogen (secondary N) is 1. The SMILES string of the molecule is FC(F)(F)c1ccccc1[C@@H](C1CCOCC1)N1CCNCC1. The summed E-state index contributed by atoms with van der Waals surface area (Å²) in [7, 11) is 0. The summed E-state index contributed by atoms with van der Waals surface area (Å²) in [5.74, 6) is 0.213. The van der Waals surface area contributed by atoms with Gasteiger partial charge in [-0.15, -0.1) is 0 Å². The molecule has 128 valence electrons. The van der Waals surface area contributed by atoms with E-state index in [0.29, 0.717) is 18.8 Å². The highest BCUT2D eigenvalue weighted by Crippen LogP contribution is 2.41. The van der Waals surface area contributed by atoms with Gasteiger partial charge in [0, 0.05) is 45.4 Å². The van der Waals surface area contributed by atoms with E-state index < -0.39 is 11.7 Å². The second-order valence-electron chi connectivity index (χ2n) is 6.27. The van der Waals surface area contributed by atoms with Crippen LogP contribution in [0.25, 0.3) is 0 Å². The van der Waals surface area contributed by atoms with Gasteiger partial charge in [0.15, 0.2) is 0 Å². The lowest BCUT2D eigenvalue weighted by Crippen LogP contribution is -2.48. The standard InChI is InChI=1S/C17H23F3N2O/c18-17(19,20)15-4-2-1-3-14(15)16(13-5-11-23-12-6-13)22-9-7-21-8-10-22/h1-4,13,16,21H,5-12H2/t16-/m1/s1. The molecule has 0 spiro atoms. The Balaban J connectivity index is 1.97. The molecule has 3 rings (SSSR count). The van der Waals surface area contributed by atoms with Gasteiger partial charge in [0.05, 0.1) is 5.56 Å². The van der Waals surface area contributed by atoms with E-state index in [0.717, 1.165) is 39.0 Å². The summed E-state index contributed by atoms with van der Waals surface area (Å²) >= 11 is 0. The fourth-order valence-corrected chi connectivity index (χ4v) is 3.75. The molecule has 1 N–H and O–H groups in total. The van der Waals surface area contributed by atoms with Crippen molar-refractivity contribution in [3.63, 3.8) is 0 Å². The van der Waals surface area contributed by atoms with Gasteiger partial charge in [0.2, 0.25) is 0 Å². The van der Waals surface area contributed by atoms with Crippen molar-refractivity contribution in [1.82, 2.24) is 10.2 Å². The minimum absolute atomic E-state index is 0.182. The summed E-state index contributed by atoms with van der Waals surface area (Å²) in [4.78, 5) is 2.22. The Morgan fingerprint density at radius 1 is 1.09 bits per heavy atom. The first-order chi connectivity index (χ1) is 11.1. The van der Waals surface area contributed by atoms with Crippen molar-refractivity contribution in [2.24, 2.45) is 5.92 Å². The fraction of sp³-hybridized carbons (Fsp3) is 0.647. The Kier molecular flexibility index (Phi) is 5.24. The van der Waals surface area contributed by atoms with Gasteiger partial charge < -0.3 is 10.1 Å². The Bertz CT molecular complexity index is 491. The molecule has 0 amide bonds. The summed E-state index contributed by atoms with van der Waals surface area (Å²) in [6.07, 6.45) is -2.67. The van der Waals surface area contributed by atoms with Crippen molar-refractivity contribution in [2.45, 2.75) is 25.1 Å². The van der Waals surface area contributed by atoms with Crippen LogP contribution in [0.1, 0.15) is 30.0 Å². The Hall–Kier alpha value is -1.11. The van der Waals surface area contributed by atoms with E-state index in [2.05, 4.69) is 10.2 Å². The minimum atomic E-state index is -4.31. The van der Waals surface area contributed by atoms with E-state index in [1.165, 1.54) is 12.1 Å². The molecule has 2 aliphatic rings. The number of piperazine rings is 1. The monoisotopic (exact) mass is 328 g/mol. The normalized spacial score (nSPS) is 22.9. The second kappa shape index (κ2) is 7.20. The summed E-state index contributed by atoms with van der Waals surface area (Å²) in [6.45, 7) is 4.51. The van der Waals surface area contributed by atoms with E-state index in [4.69, 9.17) is 4.74 Å². The maximum Gasteiger partial charge on any atom is 0.416 e. The molecule has 0 saturated carbocycles. The molecule has 2 aliphatic heterocycles. The first kappa shape index (κ1) is 16.7. The van der Waals surface area contributed by atoms with Gasteiger partial charge in [-0.2, -0.15) is 13.2 Å². The van der Waals surface area contributed by atoms with Crippen LogP contribution in [-0.2, 0) is 10.9 Å². The van der Waals surface area contributed by atoms with Gasteiger partial charge in [0.1, 0.15) is 0 Å². The third-order valence-electron chi connectivity index (χ3n) is 4.84. The molecule has 23 heavy (non-hydrogen) atoms. The van der Waals surface area contributed by atoms with Crippen LogP contribution < -0.4 is 5.32 Å². The average molecular weight is 328 g/mol. The van der Waals surface area contributed by atoms with Crippen LogP contribution in [0.5, 0.6) is 0 Å². The highest BCUT2D eigenvalue weighted by atomic mass is 19.4. The molecule has 6 heteroatoms. The highest BCUT2D eigenvalue weighted by molar-refractivity contribution is 5.33. The molecule has 0 aliphatic carbocycles. The Labute approximate surface area is 134 Å². The summed E-state index contributed by atoms with van der Waals surface area (Å²) in [5, 5.41) is 3.28. The zero-order valence-corrected chi connectivity index (χ0v) is 13.1. The molecular formula is C17H23F3N2O. The fourth-order valence-electron chi connectivity index (χ4n) is 3.75. The summed E-state index contributed by atoms with van der Waals surface area (Å²) in [6, 6.07) is 5.89. The zero-order valence-electron chi connectivity index (χ0n) is 13.1. The van der Waals surface area contributed by atoms with Gasteiger partial charge >= 0.3 is 6.18 Å². The lowest BCUT2D eigenvalue weighted by atomic mass is 9.83. The van der Waals surface area contributed by atoms with Crippen LogP contribution >= 0.6 is 0 Å². The molecule has 3 nitrogen and oxygen atoms in total. The largest absolute Gasteiger partial charge is 0.416 e. The number of alkyl halides is 3. The lowest BCUT2D eigenvalue weighted by Gasteiger charge is -2.42. The van der Waals surface area contributed by atoms with Crippen LogP contribution in [0.3, 0.4) is 0 Å². The number of hydrogen-bond donors (Lipinski definition) is 1. The maximum atomic E-state index is 13.5. The molecule has 1 aromatic rings. The minimum Gasteiger partial charge on any atom is -0.381 e. The third kappa shape index (κ3) is 3.87. The van der Waals surface area contributed by atoms with Crippen LogP contribution in [0.15, 0.2) is 24.3 Å². The van der Waals surface area contributed by atoms with E-state index in [1.54, 1.807) is 12.1 Å². The van der Waals surface area contributed by atoms with Crippen molar-refractivity contribution in [3.8, 4) is 0 Å². The summed E-state index contributed by atoms with van der Waals surface area (Å²) in [5.41, 5.74) is -0.0659. The molecular weight excluding hydrogens is 305 g/mol. The molecule has 2 heterocycles. The molecule has 0 radical (unpaired) electrons. The third-order valence-corrected chi connectivity index (χ3v) is 4.84. The van der Waals surface area contributed by atoms with Crippen molar-refractivity contribution >= 4 is 0 Å². The molecule has 2 fully saturated rings. The first-order valence-electron chi connectivity index (χ1n) is 8.26. The predicted molar refractivity (Wildman–Crippen MR) is 82.2 cm³/mol. The van der Waals surface area contributed by atoms with Crippen molar-refractivity contribution in [1.29, 1.82) is 0 Å². The van der Waals surface area contributed by atoms with Crippen LogP contribution in [0, 0.1) is 5.92 Å².